The number of likely N-dealkylation sites (N-methyl/N-ethyl adjacent to an activating group) is 1. The molecule has 1 aromatic carbocycles. The van der Waals surface area contributed by atoms with Gasteiger partial charge in [-0.2, -0.15) is 9.97 Å². The first-order valence-corrected chi connectivity index (χ1v) is 18.7. The molecule has 50 heavy (non-hydrogen) atoms. The SMILES string of the molecule is CC/C(C)=C(C(=O)N(C)C)/C(Cl)=C1/CN(c2nc(OC)nc(CCCCc3ccccc3)c2CN(C)C)CCCN1.FC1CC2CCCN2C1. The van der Waals surface area contributed by atoms with E-state index in [1.54, 1.807) is 26.1 Å². The zero-order chi connectivity index (χ0) is 36.2. The molecular weight excluding hydrogens is 653 g/mol. The van der Waals surface area contributed by atoms with E-state index in [9.17, 15) is 9.18 Å². The topological polar surface area (TPSA) is 77.1 Å². The van der Waals surface area contributed by atoms with Crippen LogP contribution in [0.4, 0.5) is 10.2 Å². The van der Waals surface area contributed by atoms with E-state index in [0.717, 1.165) is 92.9 Å². The van der Waals surface area contributed by atoms with Crippen LogP contribution >= 0.6 is 11.6 Å². The fourth-order valence-electron chi connectivity index (χ4n) is 7.00. The summed E-state index contributed by atoms with van der Waals surface area (Å²) in [5, 5.41) is 3.99. The Morgan fingerprint density at radius 2 is 1.82 bits per heavy atom. The molecule has 1 amide bonds. The van der Waals surface area contributed by atoms with Gasteiger partial charge in [0.05, 0.1) is 35.7 Å². The van der Waals surface area contributed by atoms with Gasteiger partial charge in [-0.1, -0.05) is 54.4 Å². The number of hydrogen-bond acceptors (Lipinski definition) is 8. The molecule has 2 aromatic rings. The number of aromatic nitrogens is 2. The third kappa shape index (κ3) is 10.9. The quantitative estimate of drug-likeness (QED) is 0.201. The van der Waals surface area contributed by atoms with Gasteiger partial charge in [0.25, 0.3) is 5.91 Å². The van der Waals surface area contributed by atoms with Crippen LogP contribution in [0.3, 0.4) is 0 Å². The Labute approximate surface area is 304 Å². The van der Waals surface area contributed by atoms with Gasteiger partial charge in [0.2, 0.25) is 0 Å². The van der Waals surface area contributed by atoms with Gasteiger partial charge in [-0.15, -0.1) is 0 Å². The Bertz CT molecular complexity index is 1450. The Morgan fingerprint density at radius 3 is 2.48 bits per heavy atom. The lowest BCUT2D eigenvalue weighted by molar-refractivity contribution is -0.124. The molecule has 2 unspecified atom stereocenters. The smallest absolute Gasteiger partial charge is 0.318 e. The number of allylic oxidation sites excluding steroid dienone is 1. The van der Waals surface area contributed by atoms with Gasteiger partial charge in [-0.25, -0.2) is 4.39 Å². The first-order valence-electron chi connectivity index (χ1n) is 18.3. The van der Waals surface area contributed by atoms with E-state index in [1.165, 1.54) is 18.4 Å². The number of carbonyl (C=O) groups excluding carboxylic acids is 1. The Kier molecular flexibility index (Phi) is 15.4. The zero-order valence-corrected chi connectivity index (χ0v) is 32.2. The van der Waals surface area contributed by atoms with E-state index in [2.05, 4.69) is 64.4 Å². The molecule has 5 rings (SSSR count). The molecule has 0 saturated carbocycles. The Hall–Kier alpha value is -3.21. The summed E-state index contributed by atoms with van der Waals surface area (Å²) in [5.41, 5.74) is 5.85. The van der Waals surface area contributed by atoms with Crippen molar-refractivity contribution < 1.29 is 13.9 Å². The predicted octanol–water partition coefficient (Wildman–Crippen LogP) is 6.37. The van der Waals surface area contributed by atoms with E-state index in [4.69, 9.17) is 26.3 Å². The third-order valence-electron chi connectivity index (χ3n) is 9.79. The maximum atomic E-state index is 13.1. The molecule has 2 atom stereocenters. The minimum absolute atomic E-state index is 0.0887. The second-order valence-corrected chi connectivity index (χ2v) is 14.6. The summed E-state index contributed by atoms with van der Waals surface area (Å²) >= 11 is 7.03. The molecular formula is C39H59ClFN7O2. The highest BCUT2D eigenvalue weighted by molar-refractivity contribution is 6.35. The number of hydrogen-bond donors (Lipinski definition) is 1. The van der Waals surface area contributed by atoms with Crippen LogP contribution in [-0.2, 0) is 24.2 Å². The summed E-state index contributed by atoms with van der Waals surface area (Å²) in [6, 6.07) is 11.6. The zero-order valence-electron chi connectivity index (χ0n) is 31.4. The summed E-state index contributed by atoms with van der Waals surface area (Å²) in [6.45, 7) is 8.65. The molecule has 0 spiro atoms. The van der Waals surface area contributed by atoms with Crippen molar-refractivity contribution in [1.82, 2.24) is 30.0 Å². The number of carbonyl (C=O) groups is 1. The van der Waals surface area contributed by atoms with Crippen LogP contribution in [0.1, 0.15) is 75.6 Å². The summed E-state index contributed by atoms with van der Waals surface area (Å²) < 4.78 is 18.2. The van der Waals surface area contributed by atoms with Crippen molar-refractivity contribution in [2.75, 3.05) is 72.9 Å². The largest absolute Gasteiger partial charge is 0.467 e. The number of fused-ring (bicyclic) bond motifs is 1. The van der Waals surface area contributed by atoms with Crippen molar-refractivity contribution in [2.45, 2.75) is 90.4 Å². The molecule has 4 heterocycles. The van der Waals surface area contributed by atoms with Gasteiger partial charge >= 0.3 is 6.01 Å². The minimum atomic E-state index is -0.518. The molecule has 9 nitrogen and oxygen atoms in total. The second kappa shape index (κ2) is 19.4. The van der Waals surface area contributed by atoms with Crippen LogP contribution in [0.25, 0.3) is 0 Å². The molecule has 1 aromatic heterocycles. The minimum Gasteiger partial charge on any atom is -0.467 e. The van der Waals surface area contributed by atoms with Crippen LogP contribution < -0.4 is 15.0 Å². The molecule has 3 aliphatic heterocycles. The maximum absolute atomic E-state index is 13.1. The third-order valence-corrected chi connectivity index (χ3v) is 10.2. The number of nitrogens with zero attached hydrogens (tertiary/aromatic N) is 6. The van der Waals surface area contributed by atoms with Crippen molar-refractivity contribution in [3.63, 3.8) is 0 Å². The van der Waals surface area contributed by atoms with Gasteiger partial charge in [-0.05, 0) is 90.9 Å². The number of rotatable bonds is 12. The Morgan fingerprint density at radius 1 is 1.08 bits per heavy atom. The number of amides is 1. The van der Waals surface area contributed by atoms with E-state index < -0.39 is 6.17 Å². The molecule has 0 aliphatic carbocycles. The van der Waals surface area contributed by atoms with Crippen molar-refractivity contribution in [3.8, 4) is 6.01 Å². The molecule has 3 fully saturated rings. The highest BCUT2D eigenvalue weighted by Gasteiger charge is 2.34. The highest BCUT2D eigenvalue weighted by Crippen LogP contribution is 2.31. The first-order chi connectivity index (χ1) is 24.0. The lowest BCUT2D eigenvalue weighted by Crippen LogP contribution is -2.32. The van der Waals surface area contributed by atoms with Crippen LogP contribution in [0.2, 0.25) is 0 Å². The van der Waals surface area contributed by atoms with E-state index in [-0.39, 0.29) is 5.91 Å². The summed E-state index contributed by atoms with van der Waals surface area (Å²) in [5.74, 6) is 0.778. The molecule has 3 saturated heterocycles. The van der Waals surface area contributed by atoms with Gasteiger partial charge in [-0.3, -0.25) is 9.69 Å². The number of nitrogens with one attached hydrogen (secondary N) is 1. The number of alkyl halides is 1. The van der Waals surface area contributed by atoms with Crippen LogP contribution in [0.15, 0.2) is 52.2 Å². The van der Waals surface area contributed by atoms with E-state index in [0.29, 0.717) is 42.3 Å². The lowest BCUT2D eigenvalue weighted by Gasteiger charge is -2.28. The average molecular weight is 712 g/mol. The highest BCUT2D eigenvalue weighted by atomic mass is 35.5. The predicted molar refractivity (Wildman–Crippen MR) is 203 cm³/mol. The van der Waals surface area contributed by atoms with Gasteiger partial charge in [0, 0.05) is 51.9 Å². The number of aryl methyl sites for hydroxylation is 2. The number of ether oxygens (including phenoxy) is 1. The average Bonchev–Trinajstić information content (AvgIpc) is 3.58. The van der Waals surface area contributed by atoms with Crippen molar-refractivity contribution in [3.05, 3.63) is 69.0 Å². The van der Waals surface area contributed by atoms with Crippen LogP contribution in [0.5, 0.6) is 6.01 Å². The summed E-state index contributed by atoms with van der Waals surface area (Å²) in [4.78, 5) is 31.1. The monoisotopic (exact) mass is 711 g/mol. The number of unbranched alkanes of at least 4 members (excludes halogenated alkanes) is 1. The van der Waals surface area contributed by atoms with Gasteiger partial charge < -0.3 is 24.8 Å². The van der Waals surface area contributed by atoms with Crippen LogP contribution in [-0.4, -0.2) is 111 Å². The molecule has 1 N–H and O–H groups in total. The van der Waals surface area contributed by atoms with Crippen molar-refractivity contribution in [2.24, 2.45) is 0 Å². The fourth-order valence-corrected chi connectivity index (χ4v) is 7.37. The maximum Gasteiger partial charge on any atom is 0.318 e. The van der Waals surface area contributed by atoms with E-state index in [1.807, 2.05) is 13.8 Å². The Balaban J connectivity index is 0.000000532. The molecule has 3 aliphatic rings. The normalized spacial score (nSPS) is 20.7. The lowest BCUT2D eigenvalue weighted by atomic mass is 10.0. The molecule has 0 bridgehead atoms. The number of halogens is 2. The fraction of sp³-hybridized carbons (Fsp3) is 0.615. The molecule has 276 valence electrons. The van der Waals surface area contributed by atoms with Gasteiger partial charge in [0.1, 0.15) is 12.0 Å². The van der Waals surface area contributed by atoms with Crippen LogP contribution in [0, 0.1) is 0 Å². The van der Waals surface area contributed by atoms with Crippen molar-refractivity contribution >= 4 is 23.3 Å². The summed E-state index contributed by atoms with van der Waals surface area (Å²) in [7, 11) is 9.27. The van der Waals surface area contributed by atoms with Gasteiger partial charge in [0.15, 0.2) is 0 Å². The second-order valence-electron chi connectivity index (χ2n) is 14.2. The molecule has 0 radical (unpaired) electrons. The first kappa shape index (κ1) is 39.6. The summed E-state index contributed by atoms with van der Waals surface area (Å²) in [6.07, 6.45) is 8.44. The number of methoxy groups -OCH3 is 1. The number of anilines is 1. The number of benzene rings is 1. The molecule has 11 heteroatoms. The standard InChI is InChI=1S/C32H47ClN6O2.C7H12FN/c1-8-23(2)28(31(40)38(5)6)29(33)27-22-39(20-14-19-34-27)30-25(21-37(3)4)26(35-32(36-30)41-7)18-13-12-17-24-15-10-9-11-16-24;8-6-4-7-2-1-3-9(7)5-6/h9-11,15-16,34H,8,12-14,17-22H2,1-7H3;6-7H,1-5H2/b28-23-,29-27+;. The van der Waals surface area contributed by atoms with E-state index >= 15 is 0 Å². The van der Waals surface area contributed by atoms with Crippen molar-refractivity contribution in [1.29, 1.82) is 0 Å².